The molecular weight excluding hydrogens is 204 g/mol. The first-order valence-electron chi connectivity index (χ1n) is 5.60. The number of rotatable bonds is 2. The summed E-state index contributed by atoms with van der Waals surface area (Å²) >= 11 is 0. The smallest absolute Gasteiger partial charge is 0.271 e. The van der Waals surface area contributed by atoms with Gasteiger partial charge in [-0.05, 0) is 12.8 Å². The van der Waals surface area contributed by atoms with Crippen molar-refractivity contribution in [1.29, 1.82) is 0 Å². The van der Waals surface area contributed by atoms with Gasteiger partial charge in [-0.1, -0.05) is 12.8 Å². The van der Waals surface area contributed by atoms with Gasteiger partial charge in [-0.2, -0.15) is 0 Å². The van der Waals surface area contributed by atoms with Crippen molar-refractivity contribution < 1.29 is 4.79 Å². The quantitative estimate of drug-likeness (QED) is 0.759. The summed E-state index contributed by atoms with van der Waals surface area (Å²) in [5.74, 6) is -0.185. The number of hydrogen-bond acceptors (Lipinski definition) is 4. The average Bonchev–Trinajstić information content (AvgIpc) is 2.33. The number of hydrogen-bond donors (Lipinski definition) is 2. The molecule has 1 aliphatic rings. The van der Waals surface area contributed by atoms with Crippen LogP contribution in [0.3, 0.4) is 0 Å². The molecule has 86 valence electrons. The molecule has 2 atom stereocenters. The summed E-state index contributed by atoms with van der Waals surface area (Å²) in [4.78, 5) is 19.6. The van der Waals surface area contributed by atoms with Crippen LogP contribution in [-0.2, 0) is 0 Å². The number of aromatic nitrogens is 2. The van der Waals surface area contributed by atoms with Crippen molar-refractivity contribution in [2.45, 2.75) is 37.8 Å². The standard InChI is InChI=1S/C11H16N4O/c12-8-3-1-2-4-9(8)15-11(16)10-7-13-5-6-14-10/h5-9H,1-4,12H2,(H,15,16). The Hall–Kier alpha value is -1.49. The predicted octanol–water partition coefficient (Wildman–Crippen LogP) is 0.476. The van der Waals surface area contributed by atoms with E-state index in [1.165, 1.54) is 12.4 Å². The van der Waals surface area contributed by atoms with Crippen molar-refractivity contribution in [2.24, 2.45) is 5.73 Å². The molecule has 0 bridgehead atoms. The van der Waals surface area contributed by atoms with Crippen LogP contribution in [0.5, 0.6) is 0 Å². The third-order valence-electron chi connectivity index (χ3n) is 2.93. The maximum atomic E-state index is 11.8. The molecule has 2 rings (SSSR count). The van der Waals surface area contributed by atoms with E-state index in [1.54, 1.807) is 6.20 Å². The molecule has 1 amide bonds. The molecule has 1 aliphatic carbocycles. The summed E-state index contributed by atoms with van der Waals surface area (Å²) in [6, 6.07) is 0.137. The number of carbonyl (C=O) groups excluding carboxylic acids is 1. The monoisotopic (exact) mass is 220 g/mol. The summed E-state index contributed by atoms with van der Waals surface area (Å²) in [6.07, 6.45) is 8.72. The minimum absolute atomic E-state index is 0.0642. The number of nitrogens with two attached hydrogens (primary N) is 1. The second-order valence-corrected chi connectivity index (χ2v) is 4.12. The SMILES string of the molecule is NC1CCCCC1NC(=O)c1cnccn1. The van der Waals surface area contributed by atoms with E-state index in [0.29, 0.717) is 5.69 Å². The molecule has 0 saturated heterocycles. The normalized spacial score (nSPS) is 25.1. The molecule has 2 unspecified atom stereocenters. The molecule has 1 fully saturated rings. The highest BCUT2D eigenvalue weighted by Gasteiger charge is 2.23. The first-order chi connectivity index (χ1) is 7.77. The summed E-state index contributed by atoms with van der Waals surface area (Å²) in [6.45, 7) is 0. The highest BCUT2D eigenvalue weighted by molar-refractivity contribution is 5.92. The van der Waals surface area contributed by atoms with Crippen molar-refractivity contribution in [2.75, 3.05) is 0 Å². The Morgan fingerprint density at radius 2 is 2.19 bits per heavy atom. The fraction of sp³-hybridized carbons (Fsp3) is 0.545. The molecule has 1 saturated carbocycles. The van der Waals surface area contributed by atoms with Crippen LogP contribution in [0.15, 0.2) is 18.6 Å². The number of nitrogens with one attached hydrogen (secondary N) is 1. The molecule has 0 radical (unpaired) electrons. The Morgan fingerprint density at radius 3 is 2.88 bits per heavy atom. The van der Waals surface area contributed by atoms with E-state index < -0.39 is 0 Å². The van der Waals surface area contributed by atoms with Crippen LogP contribution in [0.2, 0.25) is 0 Å². The molecule has 1 heterocycles. The van der Waals surface area contributed by atoms with Gasteiger partial charge in [-0.25, -0.2) is 4.98 Å². The van der Waals surface area contributed by atoms with Gasteiger partial charge >= 0.3 is 0 Å². The third kappa shape index (κ3) is 2.55. The molecule has 0 spiro atoms. The zero-order valence-corrected chi connectivity index (χ0v) is 9.10. The fourth-order valence-electron chi connectivity index (χ4n) is 2.00. The van der Waals surface area contributed by atoms with Gasteiger partial charge in [-0.3, -0.25) is 9.78 Å². The lowest BCUT2D eigenvalue weighted by Gasteiger charge is -2.29. The van der Waals surface area contributed by atoms with Crippen LogP contribution < -0.4 is 11.1 Å². The molecule has 1 aromatic rings. The van der Waals surface area contributed by atoms with E-state index in [-0.39, 0.29) is 18.0 Å². The summed E-state index contributed by atoms with van der Waals surface area (Å²) in [5, 5.41) is 2.92. The third-order valence-corrected chi connectivity index (χ3v) is 2.93. The predicted molar refractivity (Wildman–Crippen MR) is 59.7 cm³/mol. The number of nitrogens with zero attached hydrogens (tertiary/aromatic N) is 2. The van der Waals surface area contributed by atoms with Crippen LogP contribution in [0.25, 0.3) is 0 Å². The van der Waals surface area contributed by atoms with Gasteiger partial charge in [0.1, 0.15) is 5.69 Å². The minimum atomic E-state index is -0.185. The van der Waals surface area contributed by atoms with Crippen molar-refractivity contribution >= 4 is 5.91 Å². The van der Waals surface area contributed by atoms with Gasteiger partial charge in [0.05, 0.1) is 6.20 Å². The van der Waals surface area contributed by atoms with Crippen LogP contribution in [-0.4, -0.2) is 28.0 Å². The summed E-state index contributed by atoms with van der Waals surface area (Å²) in [5.41, 5.74) is 6.30. The Morgan fingerprint density at radius 1 is 1.38 bits per heavy atom. The first-order valence-corrected chi connectivity index (χ1v) is 5.60. The van der Waals surface area contributed by atoms with Gasteiger partial charge in [0.2, 0.25) is 0 Å². The summed E-state index contributed by atoms with van der Waals surface area (Å²) < 4.78 is 0. The van der Waals surface area contributed by atoms with Gasteiger partial charge < -0.3 is 11.1 Å². The lowest BCUT2D eigenvalue weighted by Crippen LogP contribution is -2.49. The Bertz CT molecular complexity index is 354. The van der Waals surface area contributed by atoms with E-state index in [2.05, 4.69) is 15.3 Å². The van der Waals surface area contributed by atoms with Gasteiger partial charge in [0.15, 0.2) is 0 Å². The maximum absolute atomic E-state index is 11.8. The molecule has 5 nitrogen and oxygen atoms in total. The largest absolute Gasteiger partial charge is 0.346 e. The van der Waals surface area contributed by atoms with E-state index in [1.807, 2.05) is 0 Å². The maximum Gasteiger partial charge on any atom is 0.271 e. The molecule has 1 aromatic heterocycles. The summed E-state index contributed by atoms with van der Waals surface area (Å²) in [7, 11) is 0. The van der Waals surface area contributed by atoms with Crippen LogP contribution >= 0.6 is 0 Å². The zero-order valence-electron chi connectivity index (χ0n) is 9.10. The average molecular weight is 220 g/mol. The Labute approximate surface area is 94.5 Å². The van der Waals surface area contributed by atoms with E-state index in [4.69, 9.17) is 5.73 Å². The molecule has 0 aromatic carbocycles. The lowest BCUT2D eigenvalue weighted by atomic mass is 9.91. The van der Waals surface area contributed by atoms with E-state index in [9.17, 15) is 4.79 Å². The molecular formula is C11H16N4O. The number of carbonyl (C=O) groups is 1. The number of amides is 1. The van der Waals surface area contributed by atoms with Crippen molar-refractivity contribution in [1.82, 2.24) is 15.3 Å². The second-order valence-electron chi connectivity index (χ2n) is 4.12. The Balaban J connectivity index is 1.96. The Kier molecular flexibility index (Phi) is 3.46. The highest BCUT2D eigenvalue weighted by Crippen LogP contribution is 2.17. The lowest BCUT2D eigenvalue weighted by molar-refractivity contribution is 0.0916. The topological polar surface area (TPSA) is 80.9 Å². The second kappa shape index (κ2) is 5.03. The van der Waals surface area contributed by atoms with Crippen LogP contribution in [0, 0.1) is 0 Å². The molecule has 16 heavy (non-hydrogen) atoms. The van der Waals surface area contributed by atoms with Crippen molar-refractivity contribution in [3.8, 4) is 0 Å². The van der Waals surface area contributed by atoms with Crippen molar-refractivity contribution in [3.05, 3.63) is 24.3 Å². The van der Waals surface area contributed by atoms with E-state index in [0.717, 1.165) is 25.7 Å². The van der Waals surface area contributed by atoms with Crippen molar-refractivity contribution in [3.63, 3.8) is 0 Å². The first kappa shape index (κ1) is 11.0. The minimum Gasteiger partial charge on any atom is -0.346 e. The van der Waals surface area contributed by atoms with Gasteiger partial charge in [-0.15, -0.1) is 0 Å². The highest BCUT2D eigenvalue weighted by atomic mass is 16.1. The van der Waals surface area contributed by atoms with Gasteiger partial charge in [0, 0.05) is 24.5 Å². The molecule has 5 heteroatoms. The molecule has 0 aliphatic heterocycles. The zero-order chi connectivity index (χ0) is 11.4. The van der Waals surface area contributed by atoms with Crippen LogP contribution in [0.1, 0.15) is 36.2 Å². The van der Waals surface area contributed by atoms with Crippen LogP contribution in [0.4, 0.5) is 0 Å². The van der Waals surface area contributed by atoms with E-state index >= 15 is 0 Å². The van der Waals surface area contributed by atoms with Gasteiger partial charge in [0.25, 0.3) is 5.91 Å². The molecule has 3 N–H and O–H groups in total. The fourth-order valence-corrected chi connectivity index (χ4v) is 2.00.